The summed E-state index contributed by atoms with van der Waals surface area (Å²) in [6, 6.07) is 5.10. The first-order valence-corrected chi connectivity index (χ1v) is 5.84. The number of hydrogen-bond donors (Lipinski definition) is 1. The molecule has 19 heavy (non-hydrogen) atoms. The fraction of sp³-hybridized carbons (Fsp3) is 0.154. The van der Waals surface area contributed by atoms with Crippen LogP contribution in [0.4, 0.5) is 0 Å². The van der Waals surface area contributed by atoms with Crippen LogP contribution in [0, 0.1) is 0 Å². The minimum atomic E-state index is -0.947. The number of halogens is 1. The van der Waals surface area contributed by atoms with E-state index in [9.17, 15) is 4.79 Å². The molecule has 1 heterocycles. The van der Waals surface area contributed by atoms with E-state index in [2.05, 4.69) is 9.97 Å². The lowest BCUT2D eigenvalue weighted by Gasteiger charge is -2.11. The molecule has 0 fully saturated rings. The van der Waals surface area contributed by atoms with Crippen molar-refractivity contribution in [3.05, 3.63) is 41.3 Å². The molecule has 5 nitrogen and oxygen atoms in total. The van der Waals surface area contributed by atoms with Crippen LogP contribution in [-0.4, -0.2) is 28.2 Å². The van der Waals surface area contributed by atoms with Gasteiger partial charge in [0.15, 0.2) is 0 Å². The van der Waals surface area contributed by atoms with Crippen molar-refractivity contribution in [2.24, 2.45) is 0 Å². The van der Waals surface area contributed by atoms with Crippen molar-refractivity contribution in [3.63, 3.8) is 0 Å². The van der Waals surface area contributed by atoms with Crippen LogP contribution in [0.3, 0.4) is 0 Å². The number of nitrogens with zero attached hydrogens (tertiary/aromatic N) is 2. The third-order valence-corrected chi connectivity index (χ3v) is 2.78. The molecular weight excluding hydrogens is 268 g/mol. The highest BCUT2D eigenvalue weighted by atomic mass is 35.5. The van der Waals surface area contributed by atoms with E-state index in [4.69, 9.17) is 21.4 Å². The molecule has 1 aromatic carbocycles. The average Bonchev–Trinajstić information content (AvgIpc) is 2.38. The van der Waals surface area contributed by atoms with Gasteiger partial charge in [0.05, 0.1) is 19.2 Å². The molecule has 98 valence electrons. The summed E-state index contributed by atoms with van der Waals surface area (Å²) in [4.78, 5) is 18.9. The van der Waals surface area contributed by atoms with E-state index in [1.807, 2.05) is 0 Å². The topological polar surface area (TPSA) is 72.3 Å². The minimum Gasteiger partial charge on any atom is -0.496 e. The highest BCUT2D eigenvalue weighted by Gasteiger charge is 2.14. The fourth-order valence-corrected chi connectivity index (χ4v) is 1.93. The first-order chi connectivity index (χ1) is 9.11. The molecule has 2 aromatic rings. The van der Waals surface area contributed by atoms with E-state index in [0.29, 0.717) is 27.6 Å². The summed E-state index contributed by atoms with van der Waals surface area (Å²) in [6.45, 7) is 0. The van der Waals surface area contributed by atoms with E-state index < -0.39 is 5.97 Å². The number of benzene rings is 1. The van der Waals surface area contributed by atoms with Crippen LogP contribution >= 0.6 is 11.6 Å². The smallest absolute Gasteiger partial charge is 0.307 e. The standard InChI is InChI=1S/C13H11ClN2O3/c1-19-11-3-2-9(14)5-10(11)13-8(4-12(17)18)6-15-7-16-13/h2-3,5-7H,4H2,1H3,(H,17,18). The van der Waals surface area contributed by atoms with Crippen molar-refractivity contribution >= 4 is 17.6 Å². The Morgan fingerprint density at radius 1 is 1.47 bits per heavy atom. The summed E-state index contributed by atoms with van der Waals surface area (Å²) in [5, 5.41) is 9.43. The second kappa shape index (κ2) is 5.67. The van der Waals surface area contributed by atoms with E-state index in [1.165, 1.54) is 19.6 Å². The number of aliphatic carboxylic acids is 1. The Hall–Kier alpha value is -2.14. The molecule has 1 N–H and O–H groups in total. The van der Waals surface area contributed by atoms with E-state index in [1.54, 1.807) is 18.2 Å². The Kier molecular flexibility index (Phi) is 3.97. The normalized spacial score (nSPS) is 10.2. The van der Waals surface area contributed by atoms with Crippen LogP contribution in [0.25, 0.3) is 11.3 Å². The van der Waals surface area contributed by atoms with Gasteiger partial charge in [-0.05, 0) is 18.2 Å². The number of carboxylic acid groups (broad SMARTS) is 1. The maximum Gasteiger partial charge on any atom is 0.307 e. The number of carbonyl (C=O) groups is 1. The maximum absolute atomic E-state index is 10.9. The second-order valence-corrected chi connectivity index (χ2v) is 4.25. The van der Waals surface area contributed by atoms with Crippen molar-refractivity contribution < 1.29 is 14.6 Å². The van der Waals surface area contributed by atoms with Crippen LogP contribution in [0.1, 0.15) is 5.56 Å². The van der Waals surface area contributed by atoms with Gasteiger partial charge in [0.25, 0.3) is 0 Å². The molecule has 0 aliphatic heterocycles. The second-order valence-electron chi connectivity index (χ2n) is 3.81. The summed E-state index contributed by atoms with van der Waals surface area (Å²) in [6.07, 6.45) is 2.68. The molecule has 0 spiro atoms. The molecule has 6 heteroatoms. The van der Waals surface area contributed by atoms with E-state index >= 15 is 0 Å². The summed E-state index contributed by atoms with van der Waals surface area (Å²) in [5.74, 6) is -0.369. The quantitative estimate of drug-likeness (QED) is 0.930. The Labute approximate surface area is 114 Å². The number of hydrogen-bond acceptors (Lipinski definition) is 4. The highest BCUT2D eigenvalue weighted by molar-refractivity contribution is 6.31. The highest BCUT2D eigenvalue weighted by Crippen LogP contribution is 2.33. The number of carboxylic acids is 1. The van der Waals surface area contributed by atoms with Crippen molar-refractivity contribution in [3.8, 4) is 17.0 Å². The van der Waals surface area contributed by atoms with Crippen molar-refractivity contribution in [1.29, 1.82) is 0 Å². The van der Waals surface area contributed by atoms with Gasteiger partial charge < -0.3 is 9.84 Å². The van der Waals surface area contributed by atoms with Crippen molar-refractivity contribution in [2.45, 2.75) is 6.42 Å². The Balaban J connectivity index is 2.58. The number of rotatable bonds is 4. The van der Waals surface area contributed by atoms with Crippen LogP contribution in [0.5, 0.6) is 5.75 Å². The number of aromatic nitrogens is 2. The summed E-state index contributed by atoms with van der Waals surface area (Å²) in [7, 11) is 1.53. The first kappa shape index (κ1) is 13.3. The monoisotopic (exact) mass is 278 g/mol. The molecule has 0 radical (unpaired) electrons. The molecule has 1 aromatic heterocycles. The van der Waals surface area contributed by atoms with Crippen LogP contribution in [0.2, 0.25) is 5.02 Å². The van der Waals surface area contributed by atoms with Crippen LogP contribution in [0.15, 0.2) is 30.7 Å². The molecule has 0 unspecified atom stereocenters. The van der Waals surface area contributed by atoms with Gasteiger partial charge in [-0.15, -0.1) is 0 Å². The van der Waals surface area contributed by atoms with Crippen molar-refractivity contribution in [2.75, 3.05) is 7.11 Å². The van der Waals surface area contributed by atoms with Crippen LogP contribution in [-0.2, 0) is 11.2 Å². The summed E-state index contributed by atoms with van der Waals surface area (Å²) >= 11 is 5.97. The molecule has 0 aliphatic rings. The zero-order valence-electron chi connectivity index (χ0n) is 10.1. The summed E-state index contributed by atoms with van der Waals surface area (Å²) in [5.41, 5.74) is 1.67. The lowest BCUT2D eigenvalue weighted by atomic mass is 10.0. The SMILES string of the molecule is COc1ccc(Cl)cc1-c1ncncc1CC(=O)O. The lowest BCUT2D eigenvalue weighted by Crippen LogP contribution is -2.04. The molecule has 0 saturated carbocycles. The Morgan fingerprint density at radius 2 is 2.26 bits per heavy atom. The number of methoxy groups -OCH3 is 1. The third-order valence-electron chi connectivity index (χ3n) is 2.55. The fourth-order valence-electron chi connectivity index (χ4n) is 1.76. The minimum absolute atomic E-state index is 0.161. The molecular formula is C13H11ClN2O3. The predicted molar refractivity (Wildman–Crippen MR) is 70.4 cm³/mol. The van der Waals surface area contributed by atoms with Crippen molar-refractivity contribution in [1.82, 2.24) is 9.97 Å². The van der Waals surface area contributed by atoms with E-state index in [-0.39, 0.29) is 6.42 Å². The Morgan fingerprint density at radius 3 is 2.95 bits per heavy atom. The van der Waals surface area contributed by atoms with Gasteiger partial charge in [0, 0.05) is 22.3 Å². The molecule has 0 aliphatic carbocycles. The van der Waals surface area contributed by atoms with Gasteiger partial charge in [-0.1, -0.05) is 11.6 Å². The predicted octanol–water partition coefficient (Wildman–Crippen LogP) is 2.43. The zero-order valence-corrected chi connectivity index (χ0v) is 10.9. The van der Waals surface area contributed by atoms with Gasteiger partial charge >= 0.3 is 5.97 Å². The first-order valence-electron chi connectivity index (χ1n) is 5.46. The molecule has 0 bridgehead atoms. The molecule has 0 atom stereocenters. The third kappa shape index (κ3) is 3.00. The molecule has 0 saturated heterocycles. The zero-order chi connectivity index (χ0) is 13.8. The van der Waals surface area contributed by atoms with Gasteiger partial charge in [-0.3, -0.25) is 4.79 Å². The largest absolute Gasteiger partial charge is 0.496 e. The average molecular weight is 279 g/mol. The van der Waals surface area contributed by atoms with Gasteiger partial charge in [0.1, 0.15) is 12.1 Å². The van der Waals surface area contributed by atoms with Gasteiger partial charge in [-0.2, -0.15) is 0 Å². The Bertz CT molecular complexity index is 617. The number of ether oxygens (including phenoxy) is 1. The lowest BCUT2D eigenvalue weighted by molar-refractivity contribution is -0.136. The summed E-state index contributed by atoms with van der Waals surface area (Å²) < 4.78 is 5.25. The molecule has 2 rings (SSSR count). The van der Waals surface area contributed by atoms with Gasteiger partial charge in [0.2, 0.25) is 0 Å². The van der Waals surface area contributed by atoms with Crippen LogP contribution < -0.4 is 4.74 Å². The maximum atomic E-state index is 10.9. The van der Waals surface area contributed by atoms with E-state index in [0.717, 1.165) is 0 Å². The van der Waals surface area contributed by atoms with Gasteiger partial charge in [-0.25, -0.2) is 9.97 Å². The molecule has 0 amide bonds.